The minimum Gasteiger partial charge on any atom is -0.355 e. The molecule has 0 unspecified atom stereocenters. The van der Waals surface area contributed by atoms with E-state index in [1.54, 1.807) is 0 Å². The molecule has 122 valence electrons. The average molecular weight is 317 g/mol. The molecule has 0 atom stereocenters. The summed E-state index contributed by atoms with van der Waals surface area (Å²) >= 11 is 0. The van der Waals surface area contributed by atoms with Crippen molar-refractivity contribution in [2.75, 3.05) is 44.2 Å². The lowest BCUT2D eigenvalue weighted by Gasteiger charge is -2.34. The smallest absolute Gasteiger partial charge is 0.355 e. The average Bonchev–Trinajstić information content (AvgIpc) is 2.47. The fourth-order valence-corrected chi connectivity index (χ4v) is 2.24. The number of alkyl halides is 3. The molecule has 1 aromatic rings. The Kier molecular flexibility index (Phi) is 5.17. The number of piperazine rings is 1. The molecule has 0 bridgehead atoms. The van der Waals surface area contributed by atoms with Crippen LogP contribution in [0.15, 0.2) is 12.1 Å². The van der Waals surface area contributed by atoms with Crippen molar-refractivity contribution in [3.05, 3.63) is 17.8 Å². The zero-order chi connectivity index (χ0) is 16.2. The Bertz CT molecular complexity index is 497. The van der Waals surface area contributed by atoms with Crippen molar-refractivity contribution >= 4 is 11.7 Å². The van der Waals surface area contributed by atoms with Crippen LogP contribution in [0.25, 0.3) is 0 Å². The monoisotopic (exact) mass is 317 g/mol. The second-order valence-electron chi connectivity index (χ2n) is 4.99. The van der Waals surface area contributed by atoms with Crippen LogP contribution in [-0.4, -0.2) is 60.3 Å². The minimum atomic E-state index is -4.48. The first-order valence-corrected chi connectivity index (χ1v) is 7.05. The van der Waals surface area contributed by atoms with Crippen LogP contribution in [0, 0.1) is 0 Å². The number of rotatable bonds is 4. The van der Waals surface area contributed by atoms with E-state index < -0.39 is 11.9 Å². The molecule has 0 spiro atoms. The number of anilines is 1. The molecule has 0 radical (unpaired) electrons. The molecule has 1 amide bonds. The van der Waals surface area contributed by atoms with Crippen LogP contribution in [-0.2, 0) is 11.0 Å². The number of carbonyl (C=O) groups is 1. The summed E-state index contributed by atoms with van der Waals surface area (Å²) in [5.74, 6) is 0.399. The van der Waals surface area contributed by atoms with Crippen LogP contribution >= 0.6 is 0 Å². The summed E-state index contributed by atoms with van der Waals surface area (Å²) in [5.41, 5.74) is -0.994. The summed E-state index contributed by atoms with van der Waals surface area (Å²) < 4.78 is 37.3. The summed E-state index contributed by atoms with van der Waals surface area (Å²) in [6.07, 6.45) is -4.48. The van der Waals surface area contributed by atoms with Gasteiger partial charge in [-0.3, -0.25) is 9.69 Å². The Balaban J connectivity index is 1.88. The van der Waals surface area contributed by atoms with Crippen LogP contribution in [0.3, 0.4) is 0 Å². The van der Waals surface area contributed by atoms with Gasteiger partial charge in [0.25, 0.3) is 0 Å². The normalized spacial score (nSPS) is 16.6. The van der Waals surface area contributed by atoms with E-state index in [-0.39, 0.29) is 5.91 Å². The van der Waals surface area contributed by atoms with Gasteiger partial charge in [0.2, 0.25) is 5.91 Å². The highest BCUT2D eigenvalue weighted by molar-refractivity contribution is 5.77. The van der Waals surface area contributed by atoms with Gasteiger partial charge in [0.1, 0.15) is 0 Å². The number of aromatic nitrogens is 2. The second-order valence-corrected chi connectivity index (χ2v) is 4.99. The molecule has 1 aliphatic heterocycles. The first-order chi connectivity index (χ1) is 10.4. The van der Waals surface area contributed by atoms with E-state index in [9.17, 15) is 18.0 Å². The van der Waals surface area contributed by atoms with Gasteiger partial charge in [-0.1, -0.05) is 0 Å². The lowest BCUT2D eigenvalue weighted by molar-refractivity contribution is -0.141. The van der Waals surface area contributed by atoms with E-state index in [4.69, 9.17) is 0 Å². The van der Waals surface area contributed by atoms with E-state index in [1.807, 2.05) is 16.7 Å². The van der Waals surface area contributed by atoms with Gasteiger partial charge < -0.3 is 10.2 Å². The summed E-state index contributed by atoms with van der Waals surface area (Å²) in [6.45, 7) is 5.29. The Labute approximate surface area is 126 Å². The van der Waals surface area contributed by atoms with E-state index in [1.165, 1.54) is 6.07 Å². The minimum absolute atomic E-state index is 0.0229. The Morgan fingerprint density at radius 1 is 1.23 bits per heavy atom. The number of hydrogen-bond donors (Lipinski definition) is 1. The number of hydrogen-bond acceptors (Lipinski definition) is 5. The fraction of sp³-hybridized carbons (Fsp3) is 0.615. The van der Waals surface area contributed by atoms with Crippen molar-refractivity contribution in [2.24, 2.45) is 0 Å². The highest BCUT2D eigenvalue weighted by Crippen LogP contribution is 2.27. The van der Waals surface area contributed by atoms with E-state index in [2.05, 4.69) is 15.5 Å². The summed E-state index contributed by atoms with van der Waals surface area (Å²) in [6, 6.07) is 2.26. The maximum Gasteiger partial charge on any atom is 0.435 e. The third-order valence-corrected chi connectivity index (χ3v) is 3.38. The number of amides is 1. The Hall–Kier alpha value is -1.90. The topological polar surface area (TPSA) is 61.4 Å². The predicted molar refractivity (Wildman–Crippen MR) is 74.4 cm³/mol. The van der Waals surface area contributed by atoms with E-state index in [0.29, 0.717) is 45.1 Å². The van der Waals surface area contributed by atoms with Crippen molar-refractivity contribution in [3.63, 3.8) is 0 Å². The highest BCUT2D eigenvalue weighted by atomic mass is 19.4. The van der Waals surface area contributed by atoms with Crippen molar-refractivity contribution in [1.82, 2.24) is 20.4 Å². The maximum absolute atomic E-state index is 12.4. The molecular formula is C13H18F3N5O. The number of halogens is 3. The Morgan fingerprint density at radius 2 is 1.91 bits per heavy atom. The molecule has 22 heavy (non-hydrogen) atoms. The zero-order valence-corrected chi connectivity index (χ0v) is 12.2. The van der Waals surface area contributed by atoms with Crippen LogP contribution < -0.4 is 10.2 Å². The second kappa shape index (κ2) is 6.91. The summed E-state index contributed by atoms with van der Waals surface area (Å²) in [5, 5.41) is 9.60. The van der Waals surface area contributed by atoms with Crippen LogP contribution in [0.2, 0.25) is 0 Å². The van der Waals surface area contributed by atoms with Crippen LogP contribution in [0.5, 0.6) is 0 Å². The number of carbonyl (C=O) groups excluding carboxylic acids is 1. The molecule has 9 heteroatoms. The van der Waals surface area contributed by atoms with Gasteiger partial charge in [0.15, 0.2) is 11.5 Å². The van der Waals surface area contributed by atoms with Gasteiger partial charge in [-0.15, -0.1) is 10.2 Å². The van der Waals surface area contributed by atoms with E-state index >= 15 is 0 Å². The molecule has 1 fully saturated rings. The molecule has 0 saturated carbocycles. The lowest BCUT2D eigenvalue weighted by Crippen LogP contribution is -2.49. The van der Waals surface area contributed by atoms with Gasteiger partial charge in [-0.2, -0.15) is 13.2 Å². The lowest BCUT2D eigenvalue weighted by atomic mass is 10.3. The molecule has 1 saturated heterocycles. The van der Waals surface area contributed by atoms with E-state index in [0.717, 1.165) is 6.07 Å². The van der Waals surface area contributed by atoms with Crippen molar-refractivity contribution < 1.29 is 18.0 Å². The molecule has 2 rings (SSSR count). The number of nitrogens with one attached hydrogen (secondary N) is 1. The van der Waals surface area contributed by atoms with Gasteiger partial charge in [-0.05, 0) is 19.1 Å². The first-order valence-electron chi connectivity index (χ1n) is 7.05. The largest absolute Gasteiger partial charge is 0.435 e. The first kappa shape index (κ1) is 16.5. The Morgan fingerprint density at radius 3 is 2.41 bits per heavy atom. The zero-order valence-electron chi connectivity index (χ0n) is 12.2. The molecule has 1 aliphatic rings. The standard InChI is InChI=1S/C13H18F3N5O/c1-2-17-12(22)9-20-5-7-21(8-6-20)11-4-3-10(18-19-11)13(14,15)16/h3-4H,2,5-9H2,1H3,(H,17,22). The fourth-order valence-electron chi connectivity index (χ4n) is 2.24. The molecule has 0 aromatic carbocycles. The molecule has 6 nitrogen and oxygen atoms in total. The van der Waals surface area contributed by atoms with Gasteiger partial charge in [0, 0.05) is 32.7 Å². The quantitative estimate of drug-likeness (QED) is 0.888. The molecular weight excluding hydrogens is 299 g/mol. The van der Waals surface area contributed by atoms with Crippen molar-refractivity contribution in [3.8, 4) is 0 Å². The third kappa shape index (κ3) is 4.30. The van der Waals surface area contributed by atoms with Gasteiger partial charge in [-0.25, -0.2) is 0 Å². The molecule has 2 heterocycles. The molecule has 1 aromatic heterocycles. The van der Waals surface area contributed by atoms with Crippen LogP contribution in [0.4, 0.5) is 19.0 Å². The van der Waals surface area contributed by atoms with Crippen molar-refractivity contribution in [2.45, 2.75) is 13.1 Å². The number of likely N-dealkylation sites (N-methyl/N-ethyl adjacent to an activating group) is 1. The van der Waals surface area contributed by atoms with Gasteiger partial charge >= 0.3 is 6.18 Å². The van der Waals surface area contributed by atoms with Crippen LogP contribution in [0.1, 0.15) is 12.6 Å². The summed E-state index contributed by atoms with van der Waals surface area (Å²) in [4.78, 5) is 15.4. The third-order valence-electron chi connectivity index (χ3n) is 3.38. The highest BCUT2D eigenvalue weighted by Gasteiger charge is 2.33. The van der Waals surface area contributed by atoms with Gasteiger partial charge in [0.05, 0.1) is 6.54 Å². The predicted octanol–water partition coefficient (Wildman–Crippen LogP) is 0.754. The molecule has 0 aliphatic carbocycles. The number of nitrogens with zero attached hydrogens (tertiary/aromatic N) is 4. The van der Waals surface area contributed by atoms with Crippen molar-refractivity contribution in [1.29, 1.82) is 0 Å². The summed E-state index contributed by atoms with van der Waals surface area (Å²) in [7, 11) is 0. The SMILES string of the molecule is CCNC(=O)CN1CCN(c2ccc(C(F)(F)F)nn2)CC1. The maximum atomic E-state index is 12.4. The molecule has 1 N–H and O–H groups in total.